The first-order chi connectivity index (χ1) is 9.60. The quantitative estimate of drug-likeness (QED) is 0.640. The Kier molecular flexibility index (Phi) is 4.75. The van der Waals surface area contributed by atoms with E-state index in [-0.39, 0.29) is 15.4 Å². The van der Waals surface area contributed by atoms with Crippen molar-refractivity contribution in [2.45, 2.75) is 30.4 Å². The molecule has 110 valence electrons. The number of thioether (sulfide) groups is 1. The van der Waals surface area contributed by atoms with Gasteiger partial charge in [0.05, 0.1) is 18.1 Å². The van der Waals surface area contributed by atoms with Crippen molar-refractivity contribution < 1.29 is 9.66 Å². The first kappa shape index (κ1) is 15.0. The smallest absolute Gasteiger partial charge is 0.296 e. The Labute approximate surface area is 123 Å². The molecule has 2 rings (SSSR count). The number of nitrogens with one attached hydrogen (secondary N) is 1. The average molecular weight is 296 g/mol. The molecule has 1 fully saturated rings. The highest BCUT2D eigenvalue weighted by atomic mass is 32.2. The molecule has 1 aliphatic carbocycles. The number of anilines is 1. The van der Waals surface area contributed by atoms with Gasteiger partial charge in [0.15, 0.2) is 0 Å². The van der Waals surface area contributed by atoms with E-state index in [9.17, 15) is 10.1 Å². The molecule has 0 bridgehead atoms. The van der Waals surface area contributed by atoms with E-state index < -0.39 is 0 Å². The second-order valence-corrected chi connectivity index (χ2v) is 6.36. The largest absolute Gasteiger partial charge is 0.496 e. The molecule has 6 heteroatoms. The minimum absolute atomic E-state index is 0.0681. The molecule has 0 spiro atoms. The van der Waals surface area contributed by atoms with Crippen LogP contribution in [0.3, 0.4) is 0 Å². The molecule has 0 aromatic heterocycles. The number of nitrogens with zero attached hydrogens (tertiary/aromatic N) is 1. The standard InChI is InChI=1S/C14H20N2O3S/c1-19-11-5-6-12(13(9-11)16(17)18)15-10-14(20-2)7-3-4-8-14/h5-6,9,15H,3-4,7-8,10H2,1-2H3. The molecular weight excluding hydrogens is 276 g/mol. The van der Waals surface area contributed by atoms with Crippen molar-refractivity contribution in [1.29, 1.82) is 0 Å². The van der Waals surface area contributed by atoms with Gasteiger partial charge >= 0.3 is 0 Å². The molecule has 1 aromatic rings. The number of benzene rings is 1. The first-order valence-corrected chi connectivity index (χ1v) is 7.94. The van der Waals surface area contributed by atoms with Crippen molar-refractivity contribution in [1.82, 2.24) is 0 Å². The van der Waals surface area contributed by atoms with E-state index in [1.54, 1.807) is 12.1 Å². The Bertz CT molecular complexity index is 487. The zero-order valence-corrected chi connectivity index (χ0v) is 12.7. The second-order valence-electron chi connectivity index (χ2n) is 5.09. The molecule has 1 aromatic carbocycles. The van der Waals surface area contributed by atoms with E-state index in [2.05, 4.69) is 11.6 Å². The Balaban J connectivity index is 2.14. The summed E-state index contributed by atoms with van der Waals surface area (Å²) >= 11 is 1.86. The van der Waals surface area contributed by atoms with Gasteiger partial charge in [0.1, 0.15) is 11.4 Å². The minimum Gasteiger partial charge on any atom is -0.496 e. The molecule has 1 N–H and O–H groups in total. The first-order valence-electron chi connectivity index (χ1n) is 6.72. The fourth-order valence-electron chi connectivity index (χ4n) is 2.67. The molecular formula is C14H20N2O3S. The topological polar surface area (TPSA) is 64.4 Å². The lowest BCUT2D eigenvalue weighted by atomic mass is 10.1. The molecule has 0 radical (unpaired) electrons. The molecule has 0 unspecified atom stereocenters. The maximum absolute atomic E-state index is 11.1. The third-order valence-electron chi connectivity index (χ3n) is 3.95. The normalized spacial score (nSPS) is 16.9. The Morgan fingerprint density at radius 3 is 2.70 bits per heavy atom. The third-order valence-corrected chi connectivity index (χ3v) is 5.37. The highest BCUT2D eigenvalue weighted by Crippen LogP contribution is 2.41. The maximum Gasteiger partial charge on any atom is 0.296 e. The van der Waals surface area contributed by atoms with Crippen LogP contribution in [0.5, 0.6) is 5.75 Å². The Hall–Kier alpha value is -1.43. The van der Waals surface area contributed by atoms with Gasteiger partial charge < -0.3 is 10.1 Å². The number of nitro groups is 1. The summed E-state index contributed by atoms with van der Waals surface area (Å²) in [7, 11) is 1.51. The molecule has 1 aliphatic rings. The third kappa shape index (κ3) is 3.17. The lowest BCUT2D eigenvalue weighted by Gasteiger charge is -2.27. The summed E-state index contributed by atoms with van der Waals surface area (Å²) in [4.78, 5) is 10.8. The van der Waals surface area contributed by atoms with Crippen LogP contribution in [-0.2, 0) is 0 Å². The maximum atomic E-state index is 11.1. The van der Waals surface area contributed by atoms with Crippen LogP contribution in [0.1, 0.15) is 25.7 Å². The predicted octanol–water partition coefficient (Wildman–Crippen LogP) is 3.69. The fourth-order valence-corrected chi connectivity index (χ4v) is 3.58. The molecule has 5 nitrogen and oxygen atoms in total. The van der Waals surface area contributed by atoms with Gasteiger partial charge in [0, 0.05) is 11.3 Å². The van der Waals surface area contributed by atoms with Crippen molar-refractivity contribution >= 4 is 23.1 Å². The summed E-state index contributed by atoms with van der Waals surface area (Å²) < 4.78 is 5.26. The molecule has 0 aliphatic heterocycles. The Morgan fingerprint density at radius 2 is 2.15 bits per heavy atom. The van der Waals surface area contributed by atoms with Crippen molar-refractivity contribution in [3.05, 3.63) is 28.3 Å². The van der Waals surface area contributed by atoms with Crippen molar-refractivity contribution in [3.8, 4) is 5.75 Å². The van der Waals surface area contributed by atoms with Crippen LogP contribution in [0.4, 0.5) is 11.4 Å². The highest BCUT2D eigenvalue weighted by molar-refractivity contribution is 8.00. The summed E-state index contributed by atoms with van der Waals surface area (Å²) in [6.45, 7) is 0.765. The van der Waals surface area contributed by atoms with Crippen molar-refractivity contribution in [2.24, 2.45) is 0 Å². The number of ether oxygens (including phenoxy) is 1. The highest BCUT2D eigenvalue weighted by Gasteiger charge is 2.33. The fraction of sp³-hybridized carbons (Fsp3) is 0.571. The van der Waals surface area contributed by atoms with Crippen LogP contribution in [-0.4, -0.2) is 29.6 Å². The van der Waals surface area contributed by atoms with Crippen LogP contribution in [0.15, 0.2) is 18.2 Å². The van der Waals surface area contributed by atoms with Crippen LogP contribution in [0, 0.1) is 10.1 Å². The number of rotatable bonds is 6. The molecule has 0 atom stereocenters. The summed E-state index contributed by atoms with van der Waals surface area (Å²) in [5, 5.41) is 14.4. The average Bonchev–Trinajstić information content (AvgIpc) is 2.94. The minimum atomic E-state index is -0.370. The lowest BCUT2D eigenvalue weighted by Crippen LogP contribution is -2.30. The van der Waals surface area contributed by atoms with Crippen LogP contribution in [0.2, 0.25) is 0 Å². The van der Waals surface area contributed by atoms with Gasteiger partial charge in [-0.3, -0.25) is 10.1 Å². The Morgan fingerprint density at radius 1 is 1.45 bits per heavy atom. The molecule has 0 heterocycles. The molecule has 0 saturated heterocycles. The molecule has 0 amide bonds. The van der Waals surface area contributed by atoms with Crippen molar-refractivity contribution in [3.63, 3.8) is 0 Å². The van der Waals surface area contributed by atoms with Crippen LogP contribution < -0.4 is 10.1 Å². The predicted molar refractivity (Wildman–Crippen MR) is 82.9 cm³/mol. The van der Waals surface area contributed by atoms with E-state index in [0.717, 1.165) is 6.54 Å². The monoisotopic (exact) mass is 296 g/mol. The van der Waals surface area contributed by atoms with Crippen LogP contribution in [0.25, 0.3) is 0 Å². The van der Waals surface area contributed by atoms with Gasteiger partial charge in [-0.1, -0.05) is 12.8 Å². The van der Waals surface area contributed by atoms with Crippen LogP contribution >= 0.6 is 11.8 Å². The summed E-state index contributed by atoms with van der Waals surface area (Å²) in [5.74, 6) is 0.502. The van der Waals surface area contributed by atoms with Gasteiger partial charge in [-0.15, -0.1) is 0 Å². The SMILES string of the molecule is COc1ccc(NCC2(SC)CCCC2)c([N+](=O)[O-])c1. The summed E-state index contributed by atoms with van der Waals surface area (Å²) in [5.41, 5.74) is 0.634. The summed E-state index contributed by atoms with van der Waals surface area (Å²) in [6.07, 6.45) is 6.95. The zero-order chi connectivity index (χ0) is 14.6. The second kappa shape index (κ2) is 6.35. The van der Waals surface area contributed by atoms with Gasteiger partial charge in [-0.05, 0) is 31.2 Å². The summed E-state index contributed by atoms with van der Waals surface area (Å²) in [6, 6.07) is 4.93. The van der Waals surface area contributed by atoms with Gasteiger partial charge in [0.25, 0.3) is 5.69 Å². The van der Waals surface area contributed by atoms with E-state index in [1.165, 1.54) is 38.9 Å². The molecule has 1 saturated carbocycles. The number of hydrogen-bond acceptors (Lipinski definition) is 5. The molecule has 20 heavy (non-hydrogen) atoms. The number of methoxy groups -OCH3 is 1. The van der Waals surface area contributed by atoms with E-state index in [1.807, 2.05) is 11.8 Å². The lowest BCUT2D eigenvalue weighted by molar-refractivity contribution is -0.384. The number of nitro benzene ring substituents is 1. The van der Waals surface area contributed by atoms with E-state index in [0.29, 0.717) is 11.4 Å². The number of hydrogen-bond donors (Lipinski definition) is 1. The van der Waals surface area contributed by atoms with E-state index in [4.69, 9.17) is 4.74 Å². The van der Waals surface area contributed by atoms with Gasteiger partial charge in [0.2, 0.25) is 0 Å². The van der Waals surface area contributed by atoms with Gasteiger partial charge in [-0.25, -0.2) is 0 Å². The van der Waals surface area contributed by atoms with E-state index >= 15 is 0 Å². The van der Waals surface area contributed by atoms with Gasteiger partial charge in [-0.2, -0.15) is 11.8 Å². The zero-order valence-electron chi connectivity index (χ0n) is 11.8. The van der Waals surface area contributed by atoms with Crippen molar-refractivity contribution in [2.75, 3.05) is 25.2 Å².